The van der Waals surface area contributed by atoms with E-state index in [1.165, 1.54) is 0 Å². The fraction of sp³-hybridized carbons (Fsp3) is 0.700. The van der Waals surface area contributed by atoms with Gasteiger partial charge < -0.3 is 9.53 Å². The molecule has 0 aromatic rings. The molecule has 0 rings (SSSR count). The number of rotatable bonds is 7. The molecule has 14 heavy (non-hydrogen) atoms. The summed E-state index contributed by atoms with van der Waals surface area (Å²) in [6, 6.07) is 0. The van der Waals surface area contributed by atoms with Crippen molar-refractivity contribution in [3.63, 3.8) is 0 Å². The Hall–Kier alpha value is -1.19. The number of hydrogen-bond donors (Lipinski definition) is 0. The highest BCUT2D eigenvalue weighted by atomic mass is 16.6. The maximum atomic E-state index is 11.0. The smallest absolute Gasteiger partial charge is 0.313 e. The van der Waals surface area contributed by atoms with E-state index < -0.39 is 11.9 Å². The van der Waals surface area contributed by atoms with E-state index in [0.29, 0.717) is 25.7 Å². The first-order valence-electron chi connectivity index (χ1n) is 4.87. The number of aldehydes is 1. The molecule has 80 valence electrons. The van der Waals surface area contributed by atoms with Crippen molar-refractivity contribution in [1.29, 1.82) is 0 Å². The molecular formula is C10H16O4. The number of carbonyl (C=O) groups excluding carboxylic acids is 3. The minimum absolute atomic E-state index is 0.212. The minimum Gasteiger partial charge on any atom is -0.393 e. The van der Waals surface area contributed by atoms with E-state index in [1.807, 2.05) is 6.92 Å². The van der Waals surface area contributed by atoms with Crippen molar-refractivity contribution in [1.82, 2.24) is 0 Å². The monoisotopic (exact) mass is 200 g/mol. The van der Waals surface area contributed by atoms with Crippen LogP contribution in [0, 0.1) is 0 Å². The van der Waals surface area contributed by atoms with E-state index >= 15 is 0 Å². The van der Waals surface area contributed by atoms with E-state index in [4.69, 9.17) is 0 Å². The molecule has 0 radical (unpaired) electrons. The van der Waals surface area contributed by atoms with Crippen molar-refractivity contribution in [3.8, 4) is 0 Å². The molecule has 0 saturated heterocycles. The summed E-state index contributed by atoms with van der Waals surface area (Å²) in [4.78, 5) is 31.7. The molecule has 0 amide bonds. The number of ether oxygens (including phenoxy) is 1. The normalized spacial score (nSPS) is 9.50. The van der Waals surface area contributed by atoms with Gasteiger partial charge in [-0.3, -0.25) is 9.59 Å². The molecule has 0 fully saturated rings. The van der Waals surface area contributed by atoms with Crippen LogP contribution in [-0.2, 0) is 19.1 Å². The van der Waals surface area contributed by atoms with Crippen molar-refractivity contribution in [2.75, 3.05) is 0 Å². The van der Waals surface area contributed by atoms with Crippen LogP contribution in [0.5, 0.6) is 0 Å². The van der Waals surface area contributed by atoms with Gasteiger partial charge in [0, 0.05) is 19.3 Å². The predicted octanol–water partition coefficient (Wildman–Crippen LogP) is 1.62. The van der Waals surface area contributed by atoms with Gasteiger partial charge in [0.1, 0.15) is 6.29 Å². The Labute approximate surface area is 83.6 Å². The van der Waals surface area contributed by atoms with Gasteiger partial charge in [-0.05, 0) is 19.3 Å². The lowest BCUT2D eigenvalue weighted by molar-refractivity contribution is -0.159. The van der Waals surface area contributed by atoms with Crippen LogP contribution >= 0.6 is 0 Å². The highest BCUT2D eigenvalue weighted by Crippen LogP contribution is 2.01. The molecule has 0 aliphatic heterocycles. The van der Waals surface area contributed by atoms with Gasteiger partial charge in [0.05, 0.1) is 0 Å². The maximum Gasteiger partial charge on any atom is 0.313 e. The lowest BCUT2D eigenvalue weighted by Crippen LogP contribution is -2.11. The van der Waals surface area contributed by atoms with Crippen LogP contribution in [0.2, 0.25) is 0 Å². The van der Waals surface area contributed by atoms with Gasteiger partial charge in [0.15, 0.2) is 0 Å². The zero-order valence-electron chi connectivity index (χ0n) is 8.45. The molecule has 4 heteroatoms. The molecule has 4 nitrogen and oxygen atoms in total. The zero-order chi connectivity index (χ0) is 10.8. The van der Waals surface area contributed by atoms with Crippen LogP contribution in [0.4, 0.5) is 0 Å². The molecule has 0 atom stereocenters. The first kappa shape index (κ1) is 12.8. The van der Waals surface area contributed by atoms with E-state index in [-0.39, 0.29) is 12.8 Å². The average molecular weight is 200 g/mol. The summed E-state index contributed by atoms with van der Waals surface area (Å²) < 4.78 is 4.50. The second-order valence-corrected chi connectivity index (χ2v) is 3.01. The number of unbranched alkanes of at least 4 members (excludes halogenated alkanes) is 2. The second-order valence-electron chi connectivity index (χ2n) is 3.01. The fourth-order valence-corrected chi connectivity index (χ4v) is 0.930. The van der Waals surface area contributed by atoms with Gasteiger partial charge in [-0.2, -0.15) is 0 Å². The first-order chi connectivity index (χ1) is 6.70. The minimum atomic E-state index is -0.491. The van der Waals surface area contributed by atoms with Gasteiger partial charge in [-0.15, -0.1) is 0 Å². The third-order valence-electron chi connectivity index (χ3n) is 1.63. The molecule has 0 aliphatic rings. The largest absolute Gasteiger partial charge is 0.393 e. The van der Waals surface area contributed by atoms with Crippen molar-refractivity contribution >= 4 is 18.2 Å². The SMILES string of the molecule is CCCC(=O)OC(=O)CCCCC=O. The number of hydrogen-bond acceptors (Lipinski definition) is 4. The Morgan fingerprint density at radius 1 is 1.14 bits per heavy atom. The van der Waals surface area contributed by atoms with Crippen molar-refractivity contribution in [3.05, 3.63) is 0 Å². The Morgan fingerprint density at radius 2 is 1.79 bits per heavy atom. The van der Waals surface area contributed by atoms with E-state index in [0.717, 1.165) is 6.29 Å². The van der Waals surface area contributed by atoms with Crippen LogP contribution < -0.4 is 0 Å². The Balaban J connectivity index is 3.45. The van der Waals surface area contributed by atoms with E-state index in [1.54, 1.807) is 0 Å². The van der Waals surface area contributed by atoms with E-state index in [2.05, 4.69) is 4.74 Å². The third kappa shape index (κ3) is 7.46. The Bertz CT molecular complexity index is 198. The molecule has 0 bridgehead atoms. The predicted molar refractivity (Wildman–Crippen MR) is 50.5 cm³/mol. The van der Waals surface area contributed by atoms with Gasteiger partial charge in [0.2, 0.25) is 0 Å². The third-order valence-corrected chi connectivity index (χ3v) is 1.63. The first-order valence-corrected chi connectivity index (χ1v) is 4.87. The van der Waals surface area contributed by atoms with E-state index in [9.17, 15) is 14.4 Å². The molecule has 0 heterocycles. The van der Waals surface area contributed by atoms with Gasteiger partial charge in [-0.25, -0.2) is 0 Å². The van der Waals surface area contributed by atoms with Crippen LogP contribution in [-0.4, -0.2) is 18.2 Å². The van der Waals surface area contributed by atoms with Crippen LogP contribution in [0.1, 0.15) is 45.4 Å². The molecule has 0 N–H and O–H groups in total. The summed E-state index contributed by atoms with van der Waals surface area (Å²) in [6.07, 6.45) is 3.70. The molecule has 0 aromatic carbocycles. The summed E-state index contributed by atoms with van der Waals surface area (Å²) in [7, 11) is 0. The summed E-state index contributed by atoms with van der Waals surface area (Å²) in [6.45, 7) is 1.84. The highest BCUT2D eigenvalue weighted by Gasteiger charge is 2.08. The van der Waals surface area contributed by atoms with Crippen molar-refractivity contribution < 1.29 is 19.1 Å². The standard InChI is InChI=1S/C10H16O4/c1-2-6-9(12)14-10(13)7-4-3-5-8-11/h8H,2-7H2,1H3. The zero-order valence-corrected chi connectivity index (χ0v) is 8.45. The van der Waals surface area contributed by atoms with Crippen LogP contribution in [0.15, 0.2) is 0 Å². The number of esters is 2. The summed E-state index contributed by atoms with van der Waals surface area (Å²) in [5, 5.41) is 0. The number of carbonyl (C=O) groups is 3. The molecular weight excluding hydrogens is 184 g/mol. The fourth-order valence-electron chi connectivity index (χ4n) is 0.930. The lowest BCUT2D eigenvalue weighted by atomic mass is 10.2. The maximum absolute atomic E-state index is 11.0. The van der Waals surface area contributed by atoms with Gasteiger partial charge in [-0.1, -0.05) is 6.92 Å². The molecule has 0 saturated carbocycles. The Kier molecular flexibility index (Phi) is 7.70. The highest BCUT2D eigenvalue weighted by molar-refractivity contribution is 5.85. The molecule has 0 aliphatic carbocycles. The second kappa shape index (κ2) is 8.41. The Morgan fingerprint density at radius 3 is 2.36 bits per heavy atom. The van der Waals surface area contributed by atoms with Crippen LogP contribution in [0.3, 0.4) is 0 Å². The average Bonchev–Trinajstić information content (AvgIpc) is 2.13. The summed E-state index contributed by atoms with van der Waals surface area (Å²) >= 11 is 0. The molecule has 0 unspecified atom stereocenters. The van der Waals surface area contributed by atoms with Gasteiger partial charge >= 0.3 is 11.9 Å². The van der Waals surface area contributed by atoms with Crippen molar-refractivity contribution in [2.24, 2.45) is 0 Å². The van der Waals surface area contributed by atoms with Gasteiger partial charge in [0.25, 0.3) is 0 Å². The molecule has 0 spiro atoms. The van der Waals surface area contributed by atoms with Crippen LogP contribution in [0.25, 0.3) is 0 Å². The summed E-state index contributed by atoms with van der Waals surface area (Å²) in [5.74, 6) is -0.956. The molecule has 0 aromatic heterocycles. The quantitative estimate of drug-likeness (QED) is 0.271. The summed E-state index contributed by atoms with van der Waals surface area (Å²) in [5.41, 5.74) is 0. The lowest BCUT2D eigenvalue weighted by Gasteiger charge is -2.00. The van der Waals surface area contributed by atoms with Crippen molar-refractivity contribution in [2.45, 2.75) is 45.4 Å². The topological polar surface area (TPSA) is 60.4 Å².